The summed E-state index contributed by atoms with van der Waals surface area (Å²) in [5.74, 6) is 0.0834. The Bertz CT molecular complexity index is 442. The molecule has 0 spiro atoms. The van der Waals surface area contributed by atoms with E-state index in [0.29, 0.717) is 37.5 Å². The fourth-order valence-corrected chi connectivity index (χ4v) is 1.33. The fourth-order valence-electron chi connectivity index (χ4n) is 1.33. The molecule has 1 aromatic rings. The van der Waals surface area contributed by atoms with Crippen LogP contribution in [-0.2, 0) is 4.74 Å². The van der Waals surface area contributed by atoms with Crippen LogP contribution in [0.4, 0.5) is 0 Å². The number of ether oxygens (including phenoxy) is 2. The summed E-state index contributed by atoms with van der Waals surface area (Å²) in [6, 6.07) is 6.89. The van der Waals surface area contributed by atoms with Crippen LogP contribution >= 0.6 is 0 Å². The lowest BCUT2D eigenvalue weighted by atomic mass is 10.2. The van der Waals surface area contributed by atoms with Crippen molar-refractivity contribution in [2.45, 2.75) is 13.3 Å². The second-order valence-corrected chi connectivity index (χ2v) is 3.37. The van der Waals surface area contributed by atoms with Gasteiger partial charge in [0, 0.05) is 11.5 Å². The molecule has 6 nitrogen and oxygen atoms in total. The van der Waals surface area contributed by atoms with Gasteiger partial charge in [-0.3, -0.25) is 0 Å². The first-order chi connectivity index (χ1) is 8.79. The SMILES string of the molecule is CCOC(=O)c1ccccc1OCCCN=[N+]=[N-]. The van der Waals surface area contributed by atoms with Crippen LogP contribution in [0.3, 0.4) is 0 Å². The van der Waals surface area contributed by atoms with Crippen molar-refractivity contribution >= 4 is 5.97 Å². The fraction of sp³-hybridized carbons (Fsp3) is 0.417. The number of benzene rings is 1. The zero-order valence-corrected chi connectivity index (χ0v) is 10.2. The van der Waals surface area contributed by atoms with Gasteiger partial charge in [0.25, 0.3) is 0 Å². The van der Waals surface area contributed by atoms with E-state index in [2.05, 4.69) is 10.0 Å². The molecule has 0 aliphatic rings. The Kier molecular flexibility index (Phi) is 6.14. The first-order valence-corrected chi connectivity index (χ1v) is 5.69. The minimum atomic E-state index is -0.400. The van der Waals surface area contributed by atoms with E-state index >= 15 is 0 Å². The third kappa shape index (κ3) is 4.35. The molecule has 1 rings (SSSR count). The monoisotopic (exact) mass is 249 g/mol. The van der Waals surface area contributed by atoms with Crippen molar-refractivity contribution in [2.24, 2.45) is 5.11 Å². The van der Waals surface area contributed by atoms with Gasteiger partial charge in [-0.25, -0.2) is 4.79 Å². The van der Waals surface area contributed by atoms with Gasteiger partial charge in [0.1, 0.15) is 11.3 Å². The van der Waals surface area contributed by atoms with Crippen molar-refractivity contribution in [3.8, 4) is 5.75 Å². The lowest BCUT2D eigenvalue weighted by Crippen LogP contribution is -2.08. The maximum atomic E-state index is 11.6. The molecule has 0 aromatic heterocycles. The zero-order chi connectivity index (χ0) is 13.2. The number of hydrogen-bond donors (Lipinski definition) is 0. The maximum Gasteiger partial charge on any atom is 0.341 e. The van der Waals surface area contributed by atoms with E-state index in [1.807, 2.05) is 0 Å². The van der Waals surface area contributed by atoms with Gasteiger partial charge in [0.05, 0.1) is 13.2 Å². The number of azide groups is 1. The molecule has 1 aromatic carbocycles. The Balaban J connectivity index is 2.59. The van der Waals surface area contributed by atoms with E-state index in [0.717, 1.165) is 0 Å². The predicted octanol–water partition coefficient (Wildman–Crippen LogP) is 2.94. The summed E-state index contributed by atoms with van der Waals surface area (Å²) in [5.41, 5.74) is 8.52. The largest absolute Gasteiger partial charge is 0.493 e. The van der Waals surface area contributed by atoms with E-state index in [4.69, 9.17) is 15.0 Å². The maximum absolute atomic E-state index is 11.6. The summed E-state index contributed by atoms with van der Waals surface area (Å²) in [4.78, 5) is 14.3. The third-order valence-electron chi connectivity index (χ3n) is 2.11. The van der Waals surface area contributed by atoms with E-state index in [-0.39, 0.29) is 0 Å². The molecule has 0 aliphatic carbocycles. The summed E-state index contributed by atoms with van der Waals surface area (Å²) in [7, 11) is 0. The molecule has 18 heavy (non-hydrogen) atoms. The summed E-state index contributed by atoms with van der Waals surface area (Å²) < 4.78 is 10.4. The number of esters is 1. The average Bonchev–Trinajstić information content (AvgIpc) is 2.39. The quantitative estimate of drug-likeness (QED) is 0.245. The van der Waals surface area contributed by atoms with Gasteiger partial charge in [-0.2, -0.15) is 0 Å². The van der Waals surface area contributed by atoms with Gasteiger partial charge in [0.15, 0.2) is 0 Å². The number of hydrogen-bond acceptors (Lipinski definition) is 4. The van der Waals surface area contributed by atoms with Crippen LogP contribution in [0.2, 0.25) is 0 Å². The smallest absolute Gasteiger partial charge is 0.341 e. The topological polar surface area (TPSA) is 84.3 Å². The van der Waals surface area contributed by atoms with Gasteiger partial charge < -0.3 is 9.47 Å². The van der Waals surface area contributed by atoms with Crippen LogP contribution in [0.25, 0.3) is 10.4 Å². The summed E-state index contributed by atoms with van der Waals surface area (Å²) in [6.07, 6.45) is 0.598. The highest BCUT2D eigenvalue weighted by Gasteiger charge is 2.12. The second-order valence-electron chi connectivity index (χ2n) is 3.37. The molecule has 0 unspecified atom stereocenters. The molecule has 0 saturated heterocycles. The Morgan fingerprint density at radius 3 is 2.94 bits per heavy atom. The van der Waals surface area contributed by atoms with Gasteiger partial charge in [-0.15, -0.1) is 0 Å². The van der Waals surface area contributed by atoms with Crippen molar-refractivity contribution in [2.75, 3.05) is 19.8 Å². The zero-order valence-electron chi connectivity index (χ0n) is 10.2. The van der Waals surface area contributed by atoms with Crippen molar-refractivity contribution in [1.82, 2.24) is 0 Å². The number of carbonyl (C=O) groups excluding carboxylic acids is 1. The van der Waals surface area contributed by atoms with Crippen LogP contribution < -0.4 is 4.74 Å². The minimum Gasteiger partial charge on any atom is -0.493 e. The molecule has 0 amide bonds. The van der Waals surface area contributed by atoms with Crippen LogP contribution in [0.15, 0.2) is 29.4 Å². The lowest BCUT2D eigenvalue weighted by molar-refractivity contribution is 0.0521. The van der Waals surface area contributed by atoms with Gasteiger partial charge in [0.2, 0.25) is 0 Å². The average molecular weight is 249 g/mol. The highest BCUT2D eigenvalue weighted by Crippen LogP contribution is 2.19. The number of para-hydroxylation sites is 1. The first-order valence-electron chi connectivity index (χ1n) is 5.69. The first kappa shape index (κ1) is 13.9. The van der Waals surface area contributed by atoms with Gasteiger partial charge >= 0.3 is 5.97 Å². The van der Waals surface area contributed by atoms with Crippen molar-refractivity contribution in [3.63, 3.8) is 0 Å². The predicted molar refractivity (Wildman–Crippen MR) is 66.5 cm³/mol. The number of rotatable bonds is 7. The summed E-state index contributed by atoms with van der Waals surface area (Å²) in [5, 5.41) is 3.40. The Morgan fingerprint density at radius 1 is 1.44 bits per heavy atom. The Morgan fingerprint density at radius 2 is 2.22 bits per heavy atom. The van der Waals surface area contributed by atoms with Crippen molar-refractivity contribution < 1.29 is 14.3 Å². The molecule has 0 atom stereocenters. The molecule has 0 heterocycles. The van der Waals surface area contributed by atoms with Gasteiger partial charge in [-0.1, -0.05) is 17.2 Å². The second kappa shape index (κ2) is 7.97. The van der Waals surface area contributed by atoms with Crippen molar-refractivity contribution in [3.05, 3.63) is 40.3 Å². The van der Waals surface area contributed by atoms with E-state index in [1.54, 1.807) is 31.2 Å². The van der Waals surface area contributed by atoms with Crippen LogP contribution in [0.1, 0.15) is 23.7 Å². The molecule has 0 saturated carbocycles. The molecular formula is C12H15N3O3. The highest BCUT2D eigenvalue weighted by atomic mass is 16.5. The van der Waals surface area contributed by atoms with Crippen molar-refractivity contribution in [1.29, 1.82) is 0 Å². The van der Waals surface area contributed by atoms with E-state index in [1.165, 1.54) is 0 Å². The lowest BCUT2D eigenvalue weighted by Gasteiger charge is -2.09. The summed E-state index contributed by atoms with van der Waals surface area (Å²) in [6.45, 7) is 2.83. The van der Waals surface area contributed by atoms with Crippen LogP contribution in [0.5, 0.6) is 5.75 Å². The molecule has 0 N–H and O–H groups in total. The van der Waals surface area contributed by atoms with E-state index < -0.39 is 5.97 Å². The normalized spacial score (nSPS) is 9.39. The molecular weight excluding hydrogens is 234 g/mol. The molecule has 96 valence electrons. The standard InChI is InChI=1S/C12H15N3O3/c1-2-17-12(16)10-6-3-4-7-11(10)18-9-5-8-14-15-13/h3-4,6-7H,2,5,8-9H2,1H3. The van der Waals surface area contributed by atoms with Gasteiger partial charge in [-0.05, 0) is 31.0 Å². The summed E-state index contributed by atoms with van der Waals surface area (Å²) >= 11 is 0. The molecule has 0 aliphatic heterocycles. The Labute approximate surface area is 105 Å². The van der Waals surface area contributed by atoms with Crippen LogP contribution in [0, 0.1) is 0 Å². The Hall–Kier alpha value is -2.20. The van der Waals surface area contributed by atoms with Crippen LogP contribution in [-0.4, -0.2) is 25.7 Å². The number of nitrogens with zero attached hydrogens (tertiary/aromatic N) is 3. The molecule has 0 fully saturated rings. The number of carbonyl (C=O) groups is 1. The molecule has 0 radical (unpaired) electrons. The molecule has 6 heteroatoms. The van der Waals surface area contributed by atoms with E-state index in [9.17, 15) is 4.79 Å². The highest BCUT2D eigenvalue weighted by molar-refractivity contribution is 5.92. The third-order valence-corrected chi connectivity index (χ3v) is 2.11. The molecule has 0 bridgehead atoms. The minimum absolute atomic E-state index is 0.323.